The number of nitrogens with two attached hydrogens (primary N) is 1. The highest BCUT2D eigenvalue weighted by atomic mass is 79.9. The van der Waals surface area contributed by atoms with Crippen LogP contribution in [0.4, 0.5) is 17.3 Å². The average Bonchev–Trinajstić information content (AvgIpc) is 2.56. The van der Waals surface area contributed by atoms with E-state index in [-0.39, 0.29) is 5.91 Å². The van der Waals surface area contributed by atoms with Gasteiger partial charge in [0.15, 0.2) is 11.6 Å². The number of amides is 1. The lowest BCUT2D eigenvalue weighted by Gasteiger charge is -2.13. The molecule has 0 saturated heterocycles. The molecule has 0 aliphatic heterocycles. The number of rotatable bonds is 7. The van der Waals surface area contributed by atoms with E-state index in [1.165, 1.54) is 6.33 Å². The SMILES string of the molecule is COCCNc1ncnc(NNC(=O)c2ccc(Br)cc2)c1N. The van der Waals surface area contributed by atoms with Gasteiger partial charge in [-0.15, -0.1) is 0 Å². The molecule has 9 heteroatoms. The maximum atomic E-state index is 12.0. The summed E-state index contributed by atoms with van der Waals surface area (Å²) in [6.07, 6.45) is 1.35. The molecule has 0 spiro atoms. The predicted octanol–water partition coefficient (Wildman–Crippen LogP) is 1.64. The predicted molar refractivity (Wildman–Crippen MR) is 92.0 cm³/mol. The van der Waals surface area contributed by atoms with Crippen LogP contribution in [0.1, 0.15) is 10.4 Å². The third-order valence-corrected chi connectivity index (χ3v) is 3.41. The van der Waals surface area contributed by atoms with Crippen LogP contribution in [0.15, 0.2) is 35.1 Å². The molecular formula is C14H17BrN6O2. The fourth-order valence-corrected chi connectivity index (χ4v) is 1.96. The molecule has 0 atom stereocenters. The standard InChI is InChI=1S/C14H17BrN6O2/c1-23-7-6-17-12-11(16)13(19-8-18-12)20-21-14(22)9-2-4-10(15)5-3-9/h2-5,8H,6-7,16H2,1H3,(H,21,22)(H2,17,18,19,20). The smallest absolute Gasteiger partial charge is 0.269 e. The first-order valence-corrected chi connectivity index (χ1v) is 7.56. The molecule has 1 aromatic carbocycles. The van der Waals surface area contributed by atoms with E-state index in [0.29, 0.717) is 36.0 Å². The number of benzene rings is 1. The van der Waals surface area contributed by atoms with Crippen LogP contribution in [0, 0.1) is 0 Å². The Balaban J connectivity index is 1.98. The van der Waals surface area contributed by atoms with E-state index in [1.807, 2.05) is 0 Å². The molecule has 1 heterocycles. The van der Waals surface area contributed by atoms with Crippen molar-refractivity contribution in [3.8, 4) is 0 Å². The summed E-state index contributed by atoms with van der Waals surface area (Å²) in [5.74, 6) is 0.479. The van der Waals surface area contributed by atoms with E-state index in [0.717, 1.165) is 4.47 Å². The second-order valence-corrected chi connectivity index (χ2v) is 5.41. The van der Waals surface area contributed by atoms with Crippen LogP contribution in [-0.4, -0.2) is 36.1 Å². The largest absolute Gasteiger partial charge is 0.393 e. The van der Waals surface area contributed by atoms with Gasteiger partial charge in [-0.25, -0.2) is 9.97 Å². The first-order chi connectivity index (χ1) is 11.1. The molecule has 0 aliphatic carbocycles. The number of nitrogens with one attached hydrogen (secondary N) is 3. The van der Waals surface area contributed by atoms with Gasteiger partial charge in [0.05, 0.1) is 6.61 Å². The third-order valence-electron chi connectivity index (χ3n) is 2.88. The highest BCUT2D eigenvalue weighted by Crippen LogP contribution is 2.21. The zero-order valence-electron chi connectivity index (χ0n) is 12.5. The summed E-state index contributed by atoms with van der Waals surface area (Å²) in [7, 11) is 1.61. The van der Waals surface area contributed by atoms with Crippen LogP contribution in [0.25, 0.3) is 0 Å². The van der Waals surface area contributed by atoms with Gasteiger partial charge >= 0.3 is 0 Å². The number of nitrogen functional groups attached to an aromatic ring is 1. The Morgan fingerprint density at radius 1 is 1.26 bits per heavy atom. The minimum absolute atomic E-state index is 0.301. The summed E-state index contributed by atoms with van der Waals surface area (Å²) >= 11 is 3.32. The Morgan fingerprint density at radius 3 is 2.65 bits per heavy atom. The zero-order valence-corrected chi connectivity index (χ0v) is 14.1. The zero-order chi connectivity index (χ0) is 16.7. The van der Waals surface area contributed by atoms with Crippen LogP contribution < -0.4 is 21.9 Å². The average molecular weight is 381 g/mol. The molecule has 0 saturated carbocycles. The number of aromatic nitrogens is 2. The Labute approximate surface area is 141 Å². The number of methoxy groups -OCH3 is 1. The van der Waals surface area contributed by atoms with Crippen molar-refractivity contribution >= 4 is 39.2 Å². The van der Waals surface area contributed by atoms with Crippen LogP contribution >= 0.6 is 15.9 Å². The number of carbonyl (C=O) groups excluding carboxylic acids is 1. The van der Waals surface area contributed by atoms with Crippen LogP contribution in [0.5, 0.6) is 0 Å². The lowest BCUT2D eigenvalue weighted by Crippen LogP contribution is -2.30. The number of hydrogen-bond donors (Lipinski definition) is 4. The van der Waals surface area contributed by atoms with Gasteiger partial charge in [-0.05, 0) is 24.3 Å². The third kappa shape index (κ3) is 4.80. The van der Waals surface area contributed by atoms with Gasteiger partial charge < -0.3 is 15.8 Å². The molecule has 0 aliphatic rings. The second kappa shape index (κ2) is 8.30. The fourth-order valence-electron chi connectivity index (χ4n) is 1.70. The van der Waals surface area contributed by atoms with Crippen molar-refractivity contribution in [3.63, 3.8) is 0 Å². The number of anilines is 3. The number of halogens is 1. The Hall–Kier alpha value is -2.39. The lowest BCUT2D eigenvalue weighted by molar-refractivity contribution is 0.0962. The molecule has 0 bridgehead atoms. The summed E-state index contributed by atoms with van der Waals surface area (Å²) in [5, 5.41) is 3.02. The summed E-state index contributed by atoms with van der Waals surface area (Å²) in [5.41, 5.74) is 12.0. The maximum absolute atomic E-state index is 12.0. The number of nitrogens with zero attached hydrogens (tertiary/aromatic N) is 2. The normalized spacial score (nSPS) is 10.2. The topological polar surface area (TPSA) is 114 Å². The van der Waals surface area contributed by atoms with Crippen molar-refractivity contribution in [3.05, 3.63) is 40.6 Å². The Kier molecular flexibility index (Phi) is 6.12. The molecule has 5 N–H and O–H groups in total. The van der Waals surface area contributed by atoms with Gasteiger partial charge in [-0.2, -0.15) is 0 Å². The minimum atomic E-state index is -0.301. The number of carbonyl (C=O) groups is 1. The van der Waals surface area contributed by atoms with Crippen molar-refractivity contribution in [1.82, 2.24) is 15.4 Å². The van der Waals surface area contributed by atoms with Crippen LogP contribution in [0.2, 0.25) is 0 Å². The monoisotopic (exact) mass is 380 g/mol. The van der Waals surface area contributed by atoms with Gasteiger partial charge in [0.2, 0.25) is 0 Å². The molecule has 0 fully saturated rings. The van der Waals surface area contributed by atoms with Crippen molar-refractivity contribution in [2.45, 2.75) is 0 Å². The van der Waals surface area contributed by atoms with E-state index < -0.39 is 0 Å². The van der Waals surface area contributed by atoms with Crippen LogP contribution in [0.3, 0.4) is 0 Å². The van der Waals surface area contributed by atoms with E-state index in [2.05, 4.69) is 42.1 Å². The first kappa shape index (κ1) is 17.0. The first-order valence-electron chi connectivity index (χ1n) is 6.77. The van der Waals surface area contributed by atoms with Crippen molar-refractivity contribution in [1.29, 1.82) is 0 Å². The molecular weight excluding hydrogens is 364 g/mol. The van der Waals surface area contributed by atoms with Gasteiger partial charge in [-0.1, -0.05) is 15.9 Å². The van der Waals surface area contributed by atoms with E-state index in [1.54, 1.807) is 31.4 Å². The second-order valence-electron chi connectivity index (χ2n) is 4.49. The maximum Gasteiger partial charge on any atom is 0.269 e. The molecule has 1 amide bonds. The number of hydrazine groups is 1. The Bertz CT molecular complexity index is 665. The molecule has 1 aromatic heterocycles. The quantitative estimate of drug-likeness (QED) is 0.426. The molecule has 0 unspecified atom stereocenters. The number of ether oxygens (including phenoxy) is 1. The molecule has 2 aromatic rings. The molecule has 2 rings (SSSR count). The van der Waals surface area contributed by atoms with Gasteiger partial charge in [0, 0.05) is 23.7 Å². The van der Waals surface area contributed by atoms with E-state index in [9.17, 15) is 4.79 Å². The van der Waals surface area contributed by atoms with Crippen molar-refractivity contribution in [2.24, 2.45) is 0 Å². The Morgan fingerprint density at radius 2 is 1.96 bits per heavy atom. The van der Waals surface area contributed by atoms with Gasteiger partial charge in [0.1, 0.15) is 12.0 Å². The summed E-state index contributed by atoms with van der Waals surface area (Å²) in [6.45, 7) is 1.08. The summed E-state index contributed by atoms with van der Waals surface area (Å²) < 4.78 is 5.84. The highest BCUT2D eigenvalue weighted by Gasteiger charge is 2.10. The summed E-state index contributed by atoms with van der Waals surface area (Å²) in [4.78, 5) is 20.1. The van der Waals surface area contributed by atoms with Gasteiger partial charge in [0.25, 0.3) is 5.91 Å². The van der Waals surface area contributed by atoms with Crippen LogP contribution in [-0.2, 0) is 4.74 Å². The van der Waals surface area contributed by atoms with Crippen molar-refractivity contribution in [2.75, 3.05) is 36.7 Å². The molecule has 8 nitrogen and oxygen atoms in total. The number of hydrogen-bond acceptors (Lipinski definition) is 7. The molecule has 23 heavy (non-hydrogen) atoms. The van der Waals surface area contributed by atoms with E-state index >= 15 is 0 Å². The van der Waals surface area contributed by atoms with E-state index in [4.69, 9.17) is 10.5 Å². The fraction of sp³-hybridized carbons (Fsp3) is 0.214. The minimum Gasteiger partial charge on any atom is -0.393 e. The van der Waals surface area contributed by atoms with Crippen molar-refractivity contribution < 1.29 is 9.53 Å². The molecule has 122 valence electrons. The highest BCUT2D eigenvalue weighted by molar-refractivity contribution is 9.10. The van der Waals surface area contributed by atoms with Gasteiger partial charge in [-0.3, -0.25) is 15.6 Å². The summed E-state index contributed by atoms with van der Waals surface area (Å²) in [6, 6.07) is 6.96. The molecule has 0 radical (unpaired) electrons. The lowest BCUT2D eigenvalue weighted by atomic mass is 10.2.